The van der Waals surface area contributed by atoms with Crippen LogP contribution in [0.15, 0.2) is 36.4 Å². The maximum atomic E-state index is 11.8. The van der Waals surface area contributed by atoms with Gasteiger partial charge in [-0.05, 0) is 0 Å². The zero-order valence-electron chi connectivity index (χ0n) is 10.2. The number of carbonyl (C=O) groups is 2. The predicted octanol–water partition coefficient (Wildman–Crippen LogP) is 1.38. The normalized spacial score (nSPS) is 10.2. The van der Waals surface area contributed by atoms with Crippen molar-refractivity contribution in [2.45, 2.75) is 0 Å². The van der Waals surface area contributed by atoms with Gasteiger partial charge in [0.05, 0.1) is 0 Å². The fourth-order valence-corrected chi connectivity index (χ4v) is 1.54. The summed E-state index contributed by atoms with van der Waals surface area (Å²) in [6.45, 7) is -0.164. The van der Waals surface area contributed by atoms with Crippen molar-refractivity contribution in [3.63, 3.8) is 0 Å². The quantitative estimate of drug-likeness (QED) is 0.821. The van der Waals surface area contributed by atoms with Crippen molar-refractivity contribution in [1.29, 1.82) is 0 Å². The Labute approximate surface area is 109 Å². The molecule has 6 heteroatoms. The number of benzene rings is 1. The standard InChI is InChI=1S/C13H12N2O4/c1-15-12(7-10(14-15)13(17)18)19-8-11(16)9-5-3-2-4-6-9/h2-7H,8H2,1H3,(H,17,18). The van der Waals surface area contributed by atoms with Gasteiger partial charge in [-0.2, -0.15) is 5.10 Å². The molecule has 0 bridgehead atoms. The minimum atomic E-state index is -1.14. The maximum Gasteiger partial charge on any atom is 0.356 e. The Morgan fingerprint density at radius 2 is 2.00 bits per heavy atom. The van der Waals surface area contributed by atoms with Crippen molar-refractivity contribution in [3.05, 3.63) is 47.7 Å². The van der Waals surface area contributed by atoms with Crippen LogP contribution in [0.2, 0.25) is 0 Å². The van der Waals surface area contributed by atoms with Gasteiger partial charge in [-0.3, -0.25) is 4.79 Å². The predicted molar refractivity (Wildman–Crippen MR) is 66.4 cm³/mol. The molecule has 0 saturated heterocycles. The molecule has 0 aliphatic heterocycles. The van der Waals surface area contributed by atoms with Crippen molar-refractivity contribution in [1.82, 2.24) is 9.78 Å². The number of nitrogens with zero attached hydrogens (tertiary/aromatic N) is 2. The van der Waals surface area contributed by atoms with Crippen molar-refractivity contribution < 1.29 is 19.4 Å². The van der Waals surface area contributed by atoms with Crippen LogP contribution in [-0.4, -0.2) is 33.2 Å². The molecule has 0 aliphatic rings. The lowest BCUT2D eigenvalue weighted by molar-refractivity contribution is 0.0689. The monoisotopic (exact) mass is 260 g/mol. The Bertz CT molecular complexity index is 604. The average Bonchev–Trinajstić information content (AvgIpc) is 2.79. The second-order valence-electron chi connectivity index (χ2n) is 3.87. The van der Waals surface area contributed by atoms with Gasteiger partial charge in [-0.25, -0.2) is 9.48 Å². The van der Waals surface area contributed by atoms with Crippen molar-refractivity contribution >= 4 is 11.8 Å². The minimum Gasteiger partial charge on any atom is -0.476 e. The number of carboxylic acid groups (broad SMARTS) is 1. The third-order valence-corrected chi connectivity index (χ3v) is 2.50. The summed E-state index contributed by atoms with van der Waals surface area (Å²) in [7, 11) is 1.55. The molecule has 0 aliphatic carbocycles. The topological polar surface area (TPSA) is 81.4 Å². The number of carbonyl (C=O) groups excluding carboxylic acids is 1. The van der Waals surface area contributed by atoms with Crippen molar-refractivity contribution in [3.8, 4) is 5.88 Å². The Morgan fingerprint density at radius 1 is 1.32 bits per heavy atom. The van der Waals surface area contributed by atoms with Gasteiger partial charge in [-0.1, -0.05) is 30.3 Å². The van der Waals surface area contributed by atoms with E-state index in [0.29, 0.717) is 5.56 Å². The second-order valence-corrected chi connectivity index (χ2v) is 3.87. The highest BCUT2D eigenvalue weighted by Gasteiger charge is 2.13. The van der Waals surface area contributed by atoms with E-state index in [0.717, 1.165) is 0 Å². The summed E-state index contributed by atoms with van der Waals surface area (Å²) in [6, 6.07) is 10.0. The molecule has 2 aromatic rings. The SMILES string of the molecule is Cn1nc(C(=O)O)cc1OCC(=O)c1ccccc1. The van der Waals surface area contributed by atoms with Gasteiger partial charge in [-0.15, -0.1) is 0 Å². The van der Waals surface area contributed by atoms with E-state index >= 15 is 0 Å². The summed E-state index contributed by atoms with van der Waals surface area (Å²) < 4.78 is 6.55. The van der Waals surface area contributed by atoms with Gasteiger partial charge in [0, 0.05) is 18.7 Å². The molecule has 2 rings (SSSR count). The van der Waals surface area contributed by atoms with Gasteiger partial charge in [0.25, 0.3) is 0 Å². The highest BCUT2D eigenvalue weighted by Crippen LogP contribution is 2.12. The van der Waals surface area contributed by atoms with Crippen molar-refractivity contribution in [2.75, 3.05) is 6.61 Å². The second kappa shape index (κ2) is 5.34. The molecule has 0 unspecified atom stereocenters. The Morgan fingerprint density at radius 3 is 2.58 bits per heavy atom. The number of aryl methyl sites for hydroxylation is 1. The third-order valence-electron chi connectivity index (χ3n) is 2.50. The van der Waals surface area contributed by atoms with Crippen LogP contribution in [0.4, 0.5) is 0 Å². The molecule has 1 heterocycles. The zero-order valence-corrected chi connectivity index (χ0v) is 10.2. The molecule has 0 radical (unpaired) electrons. The van der Waals surface area contributed by atoms with E-state index in [1.165, 1.54) is 10.7 Å². The molecular formula is C13H12N2O4. The lowest BCUT2D eigenvalue weighted by atomic mass is 10.1. The van der Waals surface area contributed by atoms with Gasteiger partial charge >= 0.3 is 5.97 Å². The number of aromatic nitrogens is 2. The number of rotatable bonds is 5. The lowest BCUT2D eigenvalue weighted by Gasteiger charge is -2.04. The van der Waals surface area contributed by atoms with Crippen LogP contribution in [0.3, 0.4) is 0 Å². The summed E-state index contributed by atoms with van der Waals surface area (Å²) >= 11 is 0. The molecule has 0 atom stereocenters. The Kier molecular flexibility index (Phi) is 3.61. The molecule has 1 N–H and O–H groups in total. The fraction of sp³-hybridized carbons (Fsp3) is 0.154. The number of hydrogen-bond acceptors (Lipinski definition) is 4. The van der Waals surface area contributed by atoms with Crippen molar-refractivity contribution in [2.24, 2.45) is 7.05 Å². The number of carboxylic acids is 1. The van der Waals surface area contributed by atoms with E-state index in [9.17, 15) is 9.59 Å². The molecule has 0 spiro atoms. The largest absolute Gasteiger partial charge is 0.476 e. The Hall–Kier alpha value is -2.63. The zero-order chi connectivity index (χ0) is 13.8. The van der Waals surface area contributed by atoms with Crippen LogP contribution >= 0.6 is 0 Å². The summed E-state index contributed by atoms with van der Waals surface area (Å²) in [6.07, 6.45) is 0. The van der Waals surface area contributed by atoms with E-state index in [1.54, 1.807) is 31.3 Å². The highest BCUT2D eigenvalue weighted by molar-refractivity contribution is 5.97. The fourth-order valence-electron chi connectivity index (χ4n) is 1.54. The van der Waals surface area contributed by atoms with E-state index in [-0.39, 0.29) is 24.0 Å². The van der Waals surface area contributed by atoms with Gasteiger partial charge in [0.1, 0.15) is 0 Å². The Balaban J connectivity index is 2.03. The molecule has 6 nitrogen and oxygen atoms in total. The molecule has 19 heavy (non-hydrogen) atoms. The maximum absolute atomic E-state index is 11.8. The molecule has 98 valence electrons. The minimum absolute atomic E-state index is 0.121. The molecule has 1 aromatic heterocycles. The first-order valence-electron chi connectivity index (χ1n) is 5.56. The first-order valence-corrected chi connectivity index (χ1v) is 5.56. The number of Topliss-reactive ketones (excluding diaryl/α,β-unsaturated/α-hetero) is 1. The van der Waals surface area contributed by atoms with Gasteiger partial charge in [0.2, 0.25) is 5.88 Å². The van der Waals surface area contributed by atoms with E-state index in [4.69, 9.17) is 9.84 Å². The summed E-state index contributed by atoms with van der Waals surface area (Å²) in [5, 5.41) is 12.5. The van der Waals surface area contributed by atoms with Gasteiger partial charge in [0.15, 0.2) is 18.1 Å². The highest BCUT2D eigenvalue weighted by atomic mass is 16.5. The molecule has 1 aromatic carbocycles. The van der Waals surface area contributed by atoms with Crippen LogP contribution in [0.5, 0.6) is 5.88 Å². The molecule has 0 amide bonds. The molecule has 0 saturated carbocycles. The summed E-state index contributed by atoms with van der Waals surface area (Å²) in [4.78, 5) is 22.5. The smallest absolute Gasteiger partial charge is 0.356 e. The first-order chi connectivity index (χ1) is 9.08. The van der Waals surface area contributed by atoms with Crippen LogP contribution in [0, 0.1) is 0 Å². The number of aromatic carboxylic acids is 1. The number of ether oxygens (including phenoxy) is 1. The van der Waals surface area contributed by atoms with E-state index in [1.807, 2.05) is 6.07 Å². The lowest BCUT2D eigenvalue weighted by Crippen LogP contribution is -2.13. The molecular weight excluding hydrogens is 248 g/mol. The number of hydrogen-bond donors (Lipinski definition) is 1. The van der Waals surface area contributed by atoms with Crippen LogP contribution < -0.4 is 4.74 Å². The molecule has 0 fully saturated rings. The number of ketones is 1. The van der Waals surface area contributed by atoms with E-state index in [2.05, 4.69) is 5.10 Å². The van der Waals surface area contributed by atoms with Crippen LogP contribution in [0.1, 0.15) is 20.8 Å². The first kappa shape index (κ1) is 12.8. The third kappa shape index (κ3) is 2.98. The van der Waals surface area contributed by atoms with Gasteiger partial charge < -0.3 is 9.84 Å². The average molecular weight is 260 g/mol. The van der Waals surface area contributed by atoms with Crippen LogP contribution in [0.25, 0.3) is 0 Å². The summed E-state index contributed by atoms with van der Waals surface area (Å²) in [5.41, 5.74) is 0.424. The van der Waals surface area contributed by atoms with Crippen LogP contribution in [-0.2, 0) is 7.05 Å². The van der Waals surface area contributed by atoms with E-state index < -0.39 is 5.97 Å². The summed E-state index contributed by atoms with van der Waals surface area (Å²) in [5.74, 6) is -1.08.